The number of methoxy groups -OCH3 is 1. The van der Waals surface area contributed by atoms with E-state index in [1.54, 1.807) is 32.2 Å². The number of aliphatic hydroxyl groups is 1. The van der Waals surface area contributed by atoms with Gasteiger partial charge in [0.05, 0.1) is 36.0 Å². The molecule has 13 nitrogen and oxygen atoms in total. The lowest BCUT2D eigenvalue weighted by Gasteiger charge is -2.43. The fourth-order valence-electron chi connectivity index (χ4n) is 6.33. The van der Waals surface area contributed by atoms with Crippen molar-refractivity contribution in [3.8, 4) is 11.8 Å². The molecule has 1 aromatic heterocycles. The Labute approximate surface area is 290 Å². The van der Waals surface area contributed by atoms with E-state index in [0.717, 1.165) is 22.4 Å². The Kier molecular flexibility index (Phi) is 10.8. The fraction of sp³-hybridized carbons (Fsp3) is 0.405. The van der Waals surface area contributed by atoms with Gasteiger partial charge in [0, 0.05) is 49.4 Å². The number of hydrogen-bond donors (Lipinski definition) is 3. The largest absolute Gasteiger partial charge is 0.494 e. The highest BCUT2D eigenvalue weighted by atomic mass is 16.5. The molecular formula is C37H43N7O6. The van der Waals surface area contributed by atoms with Gasteiger partial charge in [-0.2, -0.15) is 5.26 Å². The summed E-state index contributed by atoms with van der Waals surface area (Å²) < 4.78 is 12.6. The number of nitrogens with zero attached hydrogens (tertiary/aromatic N) is 5. The first-order valence-corrected chi connectivity index (χ1v) is 16.6. The van der Waals surface area contributed by atoms with Crippen LogP contribution < -0.4 is 26.2 Å². The molecule has 0 bridgehead atoms. The molecule has 1 fully saturated rings. The van der Waals surface area contributed by atoms with Gasteiger partial charge in [0.15, 0.2) is 0 Å². The second-order valence-corrected chi connectivity index (χ2v) is 13.2. The summed E-state index contributed by atoms with van der Waals surface area (Å²) in [7, 11) is 1.58. The smallest absolute Gasteiger partial charge is 0.330 e. The third kappa shape index (κ3) is 7.93. The van der Waals surface area contributed by atoms with Crippen LogP contribution in [-0.2, 0) is 9.53 Å². The van der Waals surface area contributed by atoms with Gasteiger partial charge >= 0.3 is 5.69 Å². The number of carbonyl (C=O) groups is 1. The monoisotopic (exact) mass is 681 g/mol. The Bertz CT molecular complexity index is 2010. The highest BCUT2D eigenvalue weighted by molar-refractivity contribution is 5.85. The zero-order chi connectivity index (χ0) is 36.2. The maximum atomic E-state index is 12.8. The molecule has 1 amide bonds. The number of fused-ring (bicyclic) bond motifs is 1. The number of aromatic nitrogens is 2. The first kappa shape index (κ1) is 36.0. The molecule has 3 heterocycles. The number of allylic oxidation sites excluding steroid dienone is 1. The molecular weight excluding hydrogens is 638 g/mol. The normalized spacial score (nSPS) is 19.8. The zero-order valence-corrected chi connectivity index (χ0v) is 29.2. The summed E-state index contributed by atoms with van der Waals surface area (Å²) in [5.41, 5.74) is 4.16. The summed E-state index contributed by atoms with van der Waals surface area (Å²) >= 11 is 0. The number of anilines is 1. The molecule has 50 heavy (non-hydrogen) atoms. The molecule has 262 valence electrons. The van der Waals surface area contributed by atoms with E-state index in [1.165, 1.54) is 16.8 Å². The number of aromatic amines is 1. The standard InChI is InChI=1S/C37H43N7O6/c1-22-11-12-28(26(15-22)20-38)41-42-29-16-27-23(2)19-37(4,5)44(30(27)17-32(29)49-6)14-8-10-33(46)39-13-7-9-25-21-43(36(48)40-35(25)47)34-18-31(45)24(3)50-34/h7,9,11-12,15-17,19,21,24,31,34,45H,8,10,13-14,18H2,1-6H3,(H,39,46)(H,40,47,48)/b9-7+,42-41+/t24-,31-,34-/m1/s1. The highest BCUT2D eigenvalue weighted by Crippen LogP contribution is 2.45. The van der Waals surface area contributed by atoms with Crippen molar-refractivity contribution in [1.29, 1.82) is 5.26 Å². The summed E-state index contributed by atoms with van der Waals surface area (Å²) in [6.45, 7) is 10.7. The van der Waals surface area contributed by atoms with Crippen molar-refractivity contribution >= 4 is 34.6 Å². The van der Waals surface area contributed by atoms with Crippen molar-refractivity contribution in [2.24, 2.45) is 10.2 Å². The second kappa shape index (κ2) is 15.1. The number of nitriles is 1. The van der Waals surface area contributed by atoms with Crippen LogP contribution in [0.15, 0.2) is 68.5 Å². The van der Waals surface area contributed by atoms with Gasteiger partial charge in [0.1, 0.15) is 29.4 Å². The van der Waals surface area contributed by atoms with Crippen LogP contribution in [-0.4, -0.2) is 58.5 Å². The summed E-state index contributed by atoms with van der Waals surface area (Å²) in [4.78, 5) is 42.0. The molecule has 2 aromatic carbocycles. The predicted molar refractivity (Wildman–Crippen MR) is 191 cm³/mol. The molecule has 1 saturated heterocycles. The van der Waals surface area contributed by atoms with Crippen LogP contribution in [0.3, 0.4) is 0 Å². The first-order chi connectivity index (χ1) is 23.8. The average molecular weight is 682 g/mol. The molecule has 0 unspecified atom stereocenters. The number of aliphatic hydroxyl groups excluding tert-OH is 1. The van der Waals surface area contributed by atoms with Crippen molar-refractivity contribution in [3.05, 3.63) is 91.8 Å². The number of benzene rings is 2. The molecule has 3 aromatic rings. The van der Waals surface area contributed by atoms with Gasteiger partial charge in [-0.1, -0.05) is 24.3 Å². The SMILES string of the molecule is COc1cc2c(cc1/N=N/c1ccc(C)cc1C#N)C(C)=CC(C)(C)N2CCCC(=O)NC/C=C/c1cn([C@H]2C[C@@H](O)[C@@H](C)O2)c(=O)[nH]c1=O. The van der Waals surface area contributed by atoms with E-state index in [1.807, 2.05) is 25.1 Å². The van der Waals surface area contributed by atoms with E-state index < -0.39 is 29.7 Å². The van der Waals surface area contributed by atoms with E-state index in [0.29, 0.717) is 35.7 Å². The van der Waals surface area contributed by atoms with Crippen LogP contribution in [0, 0.1) is 18.3 Å². The minimum atomic E-state index is -0.701. The van der Waals surface area contributed by atoms with Gasteiger partial charge in [-0.3, -0.25) is 19.1 Å². The first-order valence-electron chi connectivity index (χ1n) is 16.6. The minimum Gasteiger partial charge on any atom is -0.494 e. The van der Waals surface area contributed by atoms with Crippen LogP contribution in [0.2, 0.25) is 0 Å². The Morgan fingerprint density at radius 2 is 1.98 bits per heavy atom. The fourth-order valence-corrected chi connectivity index (χ4v) is 6.33. The Morgan fingerprint density at radius 3 is 2.68 bits per heavy atom. The number of ether oxygens (including phenoxy) is 2. The molecule has 3 N–H and O–H groups in total. The topological polar surface area (TPSA) is 174 Å². The van der Waals surface area contributed by atoms with Gasteiger partial charge < -0.3 is 24.8 Å². The van der Waals surface area contributed by atoms with E-state index >= 15 is 0 Å². The Morgan fingerprint density at radius 1 is 1.22 bits per heavy atom. The predicted octanol–water partition coefficient (Wildman–Crippen LogP) is 5.42. The van der Waals surface area contributed by atoms with Crippen LogP contribution in [0.25, 0.3) is 11.6 Å². The number of nitrogens with one attached hydrogen (secondary N) is 2. The van der Waals surface area contributed by atoms with Crippen molar-refractivity contribution in [2.45, 2.75) is 77.9 Å². The molecule has 0 radical (unpaired) electrons. The van der Waals surface area contributed by atoms with Crippen LogP contribution in [0.1, 0.15) is 75.4 Å². The molecule has 0 saturated carbocycles. The van der Waals surface area contributed by atoms with E-state index in [-0.39, 0.29) is 36.4 Å². The molecule has 2 aliphatic heterocycles. The maximum Gasteiger partial charge on any atom is 0.330 e. The Hall–Kier alpha value is -5.32. The summed E-state index contributed by atoms with van der Waals surface area (Å²) in [6.07, 6.45) is 6.07. The molecule has 13 heteroatoms. The quantitative estimate of drug-likeness (QED) is 0.225. The van der Waals surface area contributed by atoms with E-state index in [4.69, 9.17) is 9.47 Å². The molecule has 0 aliphatic carbocycles. The van der Waals surface area contributed by atoms with E-state index in [2.05, 4.69) is 58.3 Å². The van der Waals surface area contributed by atoms with Gasteiger partial charge in [0.25, 0.3) is 5.56 Å². The number of azo groups is 1. The lowest BCUT2D eigenvalue weighted by atomic mass is 9.88. The third-order valence-corrected chi connectivity index (χ3v) is 8.98. The second-order valence-electron chi connectivity index (χ2n) is 13.2. The number of hydrogen-bond acceptors (Lipinski definition) is 10. The lowest BCUT2D eigenvalue weighted by molar-refractivity contribution is -0.120. The summed E-state index contributed by atoms with van der Waals surface area (Å²) in [5.74, 6) is 0.397. The van der Waals surface area contributed by atoms with Crippen LogP contribution in [0.4, 0.5) is 17.1 Å². The van der Waals surface area contributed by atoms with Crippen LogP contribution >= 0.6 is 0 Å². The molecule has 5 rings (SSSR count). The van der Waals surface area contributed by atoms with Crippen LogP contribution in [0.5, 0.6) is 5.75 Å². The van der Waals surface area contributed by atoms with Gasteiger partial charge in [-0.25, -0.2) is 4.79 Å². The highest BCUT2D eigenvalue weighted by Gasteiger charge is 2.33. The summed E-state index contributed by atoms with van der Waals surface area (Å²) in [5, 5.41) is 31.2. The third-order valence-electron chi connectivity index (χ3n) is 8.98. The zero-order valence-electron chi connectivity index (χ0n) is 29.2. The van der Waals surface area contributed by atoms with Gasteiger partial charge in [-0.05, 0) is 70.4 Å². The van der Waals surface area contributed by atoms with Crippen molar-refractivity contribution < 1.29 is 19.4 Å². The molecule has 0 spiro atoms. The number of amides is 1. The maximum absolute atomic E-state index is 12.8. The minimum absolute atomic E-state index is 0.140. The average Bonchev–Trinajstić information content (AvgIpc) is 3.41. The van der Waals surface area contributed by atoms with Crippen molar-refractivity contribution in [1.82, 2.24) is 14.9 Å². The molecule has 2 aliphatic rings. The van der Waals surface area contributed by atoms with Gasteiger partial charge in [-0.15, -0.1) is 10.2 Å². The van der Waals surface area contributed by atoms with Gasteiger partial charge in [0.2, 0.25) is 5.91 Å². The molecule has 3 atom stereocenters. The number of aryl methyl sites for hydroxylation is 1. The number of carbonyl (C=O) groups excluding carboxylic acids is 1. The van der Waals surface area contributed by atoms with E-state index in [9.17, 15) is 24.8 Å². The number of H-pyrrole nitrogens is 1. The lowest BCUT2D eigenvalue weighted by Crippen LogP contribution is -2.45. The summed E-state index contributed by atoms with van der Waals surface area (Å²) in [6, 6.07) is 11.5. The Balaban J connectivity index is 1.22. The van der Waals surface area contributed by atoms with Crippen molar-refractivity contribution in [3.63, 3.8) is 0 Å². The van der Waals surface area contributed by atoms with Crippen molar-refractivity contribution in [2.75, 3.05) is 25.1 Å². The number of rotatable bonds is 11.